The van der Waals surface area contributed by atoms with E-state index in [2.05, 4.69) is 67.8 Å². The summed E-state index contributed by atoms with van der Waals surface area (Å²) in [6.45, 7) is 7.85. The van der Waals surface area contributed by atoms with E-state index in [1.165, 1.54) is 4.90 Å². The molecule has 0 spiro atoms. The van der Waals surface area contributed by atoms with Gasteiger partial charge in [-0.05, 0) is 43.6 Å². The van der Waals surface area contributed by atoms with Crippen LogP contribution in [0.3, 0.4) is 0 Å². The standard InChI is InChI=1S/C14H24N2S/c1-14(2,3)13(15-4)11-16(5)17-12-9-7-6-8-10-12/h6-10,13,15H,11H2,1-5H3. The van der Waals surface area contributed by atoms with Crippen molar-refractivity contribution in [3.63, 3.8) is 0 Å². The molecule has 0 bridgehead atoms. The van der Waals surface area contributed by atoms with Crippen LogP contribution in [0.1, 0.15) is 20.8 Å². The van der Waals surface area contributed by atoms with E-state index in [1.807, 2.05) is 7.05 Å². The normalized spacial score (nSPS) is 14.0. The molecule has 1 rings (SSSR count). The predicted octanol–water partition coefficient (Wildman–Crippen LogP) is 3.26. The molecule has 1 N–H and O–H groups in total. The van der Waals surface area contributed by atoms with Crippen molar-refractivity contribution in [3.8, 4) is 0 Å². The number of nitrogens with zero attached hydrogens (tertiary/aromatic N) is 1. The molecule has 0 aliphatic rings. The third kappa shape index (κ3) is 5.11. The second-order valence-electron chi connectivity index (χ2n) is 5.42. The summed E-state index contributed by atoms with van der Waals surface area (Å²) in [6.07, 6.45) is 0. The lowest BCUT2D eigenvalue weighted by atomic mass is 9.87. The molecule has 1 unspecified atom stereocenters. The lowest BCUT2D eigenvalue weighted by Gasteiger charge is -2.33. The Labute approximate surface area is 110 Å². The molecule has 3 heteroatoms. The van der Waals surface area contributed by atoms with Crippen LogP contribution in [0.5, 0.6) is 0 Å². The fourth-order valence-corrected chi connectivity index (χ4v) is 2.62. The highest BCUT2D eigenvalue weighted by Gasteiger charge is 2.24. The van der Waals surface area contributed by atoms with E-state index >= 15 is 0 Å². The van der Waals surface area contributed by atoms with Gasteiger partial charge in [-0.3, -0.25) is 0 Å². The highest BCUT2D eigenvalue weighted by Crippen LogP contribution is 2.25. The van der Waals surface area contributed by atoms with E-state index in [9.17, 15) is 0 Å². The summed E-state index contributed by atoms with van der Waals surface area (Å²) in [6, 6.07) is 11.0. The van der Waals surface area contributed by atoms with Crippen LogP contribution in [0.2, 0.25) is 0 Å². The van der Waals surface area contributed by atoms with Gasteiger partial charge in [0.25, 0.3) is 0 Å². The molecule has 1 aromatic carbocycles. The molecule has 0 saturated heterocycles. The van der Waals surface area contributed by atoms with Crippen LogP contribution in [0.4, 0.5) is 0 Å². The molecule has 0 aromatic heterocycles. The quantitative estimate of drug-likeness (QED) is 0.810. The molecule has 0 saturated carbocycles. The van der Waals surface area contributed by atoms with Crippen molar-refractivity contribution in [2.75, 3.05) is 20.6 Å². The molecule has 96 valence electrons. The molecule has 0 fully saturated rings. The largest absolute Gasteiger partial charge is 0.315 e. The molecule has 2 nitrogen and oxygen atoms in total. The summed E-state index contributed by atoms with van der Waals surface area (Å²) in [5.41, 5.74) is 0.278. The van der Waals surface area contributed by atoms with E-state index in [4.69, 9.17) is 0 Å². The smallest absolute Gasteiger partial charge is 0.0249 e. The molecule has 0 aliphatic heterocycles. The maximum atomic E-state index is 3.40. The van der Waals surface area contributed by atoms with Crippen LogP contribution < -0.4 is 5.32 Å². The highest BCUT2D eigenvalue weighted by molar-refractivity contribution is 7.97. The first-order chi connectivity index (χ1) is 7.93. The lowest BCUT2D eigenvalue weighted by molar-refractivity contribution is 0.252. The number of hydrogen-bond donors (Lipinski definition) is 1. The Kier molecular flexibility index (Phi) is 5.50. The third-order valence-corrected chi connectivity index (χ3v) is 3.78. The summed E-state index contributed by atoms with van der Waals surface area (Å²) < 4.78 is 2.29. The Bertz CT molecular complexity index is 319. The number of nitrogens with one attached hydrogen (secondary N) is 1. The lowest BCUT2D eigenvalue weighted by Crippen LogP contribution is -2.44. The van der Waals surface area contributed by atoms with Crippen molar-refractivity contribution in [3.05, 3.63) is 30.3 Å². The minimum absolute atomic E-state index is 0.278. The first-order valence-corrected chi connectivity index (χ1v) is 6.82. The molecule has 17 heavy (non-hydrogen) atoms. The zero-order valence-electron chi connectivity index (χ0n) is 11.5. The zero-order valence-corrected chi connectivity index (χ0v) is 12.3. The van der Waals surface area contributed by atoms with Crippen molar-refractivity contribution in [2.45, 2.75) is 31.7 Å². The van der Waals surface area contributed by atoms with Gasteiger partial charge in [0.2, 0.25) is 0 Å². The van der Waals surface area contributed by atoms with Crippen LogP contribution in [-0.4, -0.2) is 31.0 Å². The fraction of sp³-hybridized carbons (Fsp3) is 0.571. The summed E-state index contributed by atoms with van der Waals surface area (Å²) in [4.78, 5) is 1.29. The van der Waals surface area contributed by atoms with E-state index in [0.717, 1.165) is 6.54 Å². The number of rotatable bonds is 5. The first kappa shape index (κ1) is 14.6. The Morgan fingerprint density at radius 3 is 2.29 bits per heavy atom. The molecular weight excluding hydrogens is 228 g/mol. The molecule has 0 aliphatic carbocycles. The van der Waals surface area contributed by atoms with Crippen LogP contribution >= 0.6 is 11.9 Å². The van der Waals surface area contributed by atoms with Crippen molar-refractivity contribution < 1.29 is 0 Å². The van der Waals surface area contributed by atoms with Gasteiger partial charge < -0.3 is 5.32 Å². The molecule has 1 aromatic rings. The second-order valence-corrected chi connectivity index (χ2v) is 6.70. The van der Waals surface area contributed by atoms with Crippen LogP contribution in [0.15, 0.2) is 35.2 Å². The van der Waals surface area contributed by atoms with Gasteiger partial charge in [0.15, 0.2) is 0 Å². The molecule has 0 amide bonds. The molecule has 1 atom stereocenters. The van der Waals surface area contributed by atoms with Crippen LogP contribution in [-0.2, 0) is 0 Å². The van der Waals surface area contributed by atoms with Gasteiger partial charge in [-0.1, -0.05) is 39.0 Å². The molecule has 0 heterocycles. The molecular formula is C14H24N2S. The van der Waals surface area contributed by atoms with Crippen molar-refractivity contribution in [2.24, 2.45) is 5.41 Å². The van der Waals surface area contributed by atoms with Gasteiger partial charge in [-0.2, -0.15) is 0 Å². The van der Waals surface area contributed by atoms with Gasteiger partial charge in [-0.15, -0.1) is 0 Å². The highest BCUT2D eigenvalue weighted by atomic mass is 32.2. The number of benzene rings is 1. The minimum atomic E-state index is 0.278. The Balaban J connectivity index is 2.51. The Hall–Kier alpha value is -0.510. The van der Waals surface area contributed by atoms with Crippen LogP contribution in [0, 0.1) is 5.41 Å². The maximum absolute atomic E-state index is 3.40. The summed E-state index contributed by atoms with van der Waals surface area (Å²) in [5, 5.41) is 3.40. The van der Waals surface area contributed by atoms with Crippen LogP contribution in [0.25, 0.3) is 0 Å². The maximum Gasteiger partial charge on any atom is 0.0249 e. The summed E-state index contributed by atoms with van der Waals surface area (Å²) >= 11 is 1.80. The summed E-state index contributed by atoms with van der Waals surface area (Å²) in [5.74, 6) is 0. The summed E-state index contributed by atoms with van der Waals surface area (Å²) in [7, 11) is 4.19. The number of likely N-dealkylation sites (N-methyl/N-ethyl adjacent to an activating group) is 2. The van der Waals surface area contributed by atoms with E-state index in [1.54, 1.807) is 11.9 Å². The van der Waals surface area contributed by atoms with Gasteiger partial charge in [0, 0.05) is 17.5 Å². The minimum Gasteiger partial charge on any atom is -0.315 e. The Morgan fingerprint density at radius 1 is 1.24 bits per heavy atom. The average molecular weight is 252 g/mol. The van der Waals surface area contributed by atoms with E-state index in [0.29, 0.717) is 6.04 Å². The van der Waals surface area contributed by atoms with Gasteiger partial charge in [0.1, 0.15) is 0 Å². The monoisotopic (exact) mass is 252 g/mol. The fourth-order valence-electron chi connectivity index (χ4n) is 1.75. The Morgan fingerprint density at radius 2 is 1.82 bits per heavy atom. The van der Waals surface area contributed by atoms with E-state index < -0.39 is 0 Å². The van der Waals surface area contributed by atoms with Gasteiger partial charge >= 0.3 is 0 Å². The third-order valence-electron chi connectivity index (χ3n) is 2.84. The zero-order chi connectivity index (χ0) is 12.9. The van der Waals surface area contributed by atoms with Gasteiger partial charge in [-0.25, -0.2) is 4.31 Å². The second kappa shape index (κ2) is 6.43. The average Bonchev–Trinajstić information content (AvgIpc) is 2.25. The van der Waals surface area contributed by atoms with Crippen molar-refractivity contribution in [1.82, 2.24) is 9.62 Å². The van der Waals surface area contributed by atoms with Crippen molar-refractivity contribution in [1.29, 1.82) is 0 Å². The predicted molar refractivity (Wildman–Crippen MR) is 77.2 cm³/mol. The molecule has 0 radical (unpaired) electrons. The number of hydrogen-bond acceptors (Lipinski definition) is 3. The van der Waals surface area contributed by atoms with Crippen molar-refractivity contribution >= 4 is 11.9 Å². The van der Waals surface area contributed by atoms with Gasteiger partial charge in [0.05, 0.1) is 0 Å². The SMILES string of the molecule is CNC(CN(C)Sc1ccccc1)C(C)(C)C. The van der Waals surface area contributed by atoms with E-state index in [-0.39, 0.29) is 5.41 Å². The first-order valence-electron chi connectivity index (χ1n) is 6.05. The topological polar surface area (TPSA) is 15.3 Å².